The summed E-state index contributed by atoms with van der Waals surface area (Å²) in [6.45, 7) is 0. The van der Waals surface area contributed by atoms with Gasteiger partial charge in [-0.3, -0.25) is 9.11 Å². The predicted octanol–water partition coefficient (Wildman–Crippen LogP) is 6.33. The minimum atomic E-state index is -5.11. The van der Waals surface area contributed by atoms with Gasteiger partial charge in [0.15, 0.2) is 11.5 Å². The van der Waals surface area contributed by atoms with Gasteiger partial charge in [0.2, 0.25) is 0 Å². The molecule has 0 bridgehead atoms. The van der Waals surface area contributed by atoms with Gasteiger partial charge in [-0.25, -0.2) is 4.79 Å². The third kappa shape index (κ3) is 9.23. The van der Waals surface area contributed by atoms with Gasteiger partial charge >= 0.3 is 35.6 Å². The van der Waals surface area contributed by atoms with E-state index in [-0.39, 0.29) is 72.6 Å². The van der Waals surface area contributed by atoms with E-state index in [0.29, 0.717) is 0 Å². The fourth-order valence-electron chi connectivity index (χ4n) is 3.58. The van der Waals surface area contributed by atoms with Crippen molar-refractivity contribution in [3.8, 4) is 23.0 Å². The molecule has 45 heavy (non-hydrogen) atoms. The second-order valence-corrected chi connectivity index (χ2v) is 13.5. The molecule has 0 saturated heterocycles. The molecular formula is C25H14Cl6N2NaO9S2+. The van der Waals surface area contributed by atoms with Gasteiger partial charge in [-0.2, -0.15) is 16.8 Å². The first-order valence-corrected chi connectivity index (χ1v) is 16.5. The van der Waals surface area contributed by atoms with Gasteiger partial charge in [-0.15, -0.1) is 0 Å². The van der Waals surface area contributed by atoms with Crippen molar-refractivity contribution in [1.29, 1.82) is 0 Å². The van der Waals surface area contributed by atoms with Crippen LogP contribution < -0.4 is 49.7 Å². The zero-order valence-electron chi connectivity index (χ0n) is 22.1. The average molecular weight is 786 g/mol. The summed E-state index contributed by atoms with van der Waals surface area (Å²) in [4.78, 5) is 11.4. The van der Waals surface area contributed by atoms with Gasteiger partial charge in [0.05, 0.1) is 30.1 Å². The Kier molecular flexibility index (Phi) is 12.6. The normalized spacial score (nSPS) is 11.4. The Morgan fingerprint density at radius 1 is 0.556 bits per heavy atom. The van der Waals surface area contributed by atoms with Gasteiger partial charge in [-0.05, 0) is 48.5 Å². The Morgan fingerprint density at radius 2 is 0.889 bits per heavy atom. The summed E-state index contributed by atoms with van der Waals surface area (Å²) in [7, 11) is -10.2. The summed E-state index contributed by atoms with van der Waals surface area (Å²) >= 11 is 36.0. The molecule has 0 radical (unpaired) electrons. The van der Waals surface area contributed by atoms with E-state index in [9.17, 15) is 30.7 Å². The number of hydrogen-bond acceptors (Lipinski definition) is 7. The number of carbonyl (C=O) groups is 1. The molecule has 11 nitrogen and oxygen atoms in total. The van der Waals surface area contributed by atoms with Crippen LogP contribution in [0.5, 0.6) is 23.0 Å². The van der Waals surface area contributed by atoms with E-state index in [1.165, 1.54) is 36.4 Å². The average Bonchev–Trinajstić information content (AvgIpc) is 2.90. The van der Waals surface area contributed by atoms with Crippen LogP contribution >= 0.6 is 69.6 Å². The van der Waals surface area contributed by atoms with Crippen LogP contribution in [0.25, 0.3) is 0 Å². The van der Waals surface area contributed by atoms with Gasteiger partial charge < -0.3 is 20.1 Å². The first-order chi connectivity index (χ1) is 20.5. The number of anilines is 2. The van der Waals surface area contributed by atoms with Crippen molar-refractivity contribution in [2.45, 2.75) is 9.79 Å². The molecule has 0 heterocycles. The van der Waals surface area contributed by atoms with Crippen molar-refractivity contribution in [1.82, 2.24) is 0 Å². The zero-order valence-corrected chi connectivity index (χ0v) is 30.3. The molecule has 20 heteroatoms. The fourth-order valence-corrected chi connectivity index (χ4v) is 6.51. The summed E-state index contributed by atoms with van der Waals surface area (Å²) in [5.74, 6) is -0.646. The smallest absolute Gasteiger partial charge is 0.455 e. The van der Waals surface area contributed by atoms with Crippen molar-refractivity contribution in [2.24, 2.45) is 0 Å². The molecule has 0 spiro atoms. The first kappa shape index (κ1) is 37.8. The standard InChI is InChI=1S/C25H14Cl6N2O9S2.Na/c26-13-3-1-11(9-17(13)30)41-19-7-5-15(28)23(43(35,36)37)21(19)32-25(34)33-22-20(8-6-16(29)24(22)44(38,39)40)42-12-2-4-14(27)18(31)10-12;/h1-10H,(H2,32,33,34)(H,35,36,37)(H,38,39,40);/q;+1. The van der Waals surface area contributed by atoms with Crippen LogP contribution in [0.2, 0.25) is 30.1 Å². The van der Waals surface area contributed by atoms with E-state index in [2.05, 4.69) is 10.6 Å². The topological polar surface area (TPSA) is 168 Å². The van der Waals surface area contributed by atoms with Crippen molar-refractivity contribution >= 4 is 107 Å². The molecule has 0 unspecified atom stereocenters. The third-order valence-electron chi connectivity index (χ3n) is 5.37. The number of rotatable bonds is 8. The molecule has 0 aromatic heterocycles. The third-order valence-corrected chi connectivity index (χ3v) is 9.59. The Bertz CT molecular complexity index is 1890. The molecule has 0 atom stereocenters. The maximum atomic E-state index is 13.3. The van der Waals surface area contributed by atoms with Crippen LogP contribution in [0, 0.1) is 0 Å². The quantitative estimate of drug-likeness (QED) is 0.118. The number of hydrogen-bond donors (Lipinski definition) is 4. The van der Waals surface area contributed by atoms with Crippen LogP contribution in [0.4, 0.5) is 16.2 Å². The van der Waals surface area contributed by atoms with E-state index in [0.717, 1.165) is 24.3 Å². The number of benzene rings is 4. The molecule has 0 aliphatic rings. The summed E-state index contributed by atoms with van der Waals surface area (Å²) in [5.41, 5.74) is -1.35. The van der Waals surface area contributed by atoms with Crippen LogP contribution in [0.15, 0.2) is 70.5 Å². The van der Waals surface area contributed by atoms with Crippen LogP contribution in [0.1, 0.15) is 0 Å². The van der Waals surface area contributed by atoms with Crippen LogP contribution in [-0.2, 0) is 20.2 Å². The van der Waals surface area contributed by atoms with E-state index in [1.54, 1.807) is 0 Å². The number of halogens is 6. The number of ether oxygens (including phenoxy) is 2. The largest absolute Gasteiger partial charge is 1.00 e. The summed E-state index contributed by atoms with van der Waals surface area (Å²) in [6, 6.07) is 11.2. The SMILES string of the molecule is O=C(Nc1c(Oc2ccc(Cl)c(Cl)c2)ccc(Cl)c1S(=O)(=O)O)Nc1c(Oc2ccc(Cl)c(Cl)c2)ccc(Cl)c1S(=O)(=O)O.[Na+]. The van der Waals surface area contributed by atoms with Crippen molar-refractivity contribution < 1.29 is 69.8 Å². The van der Waals surface area contributed by atoms with Crippen LogP contribution in [-0.4, -0.2) is 32.0 Å². The van der Waals surface area contributed by atoms with Crippen molar-refractivity contribution in [3.05, 3.63) is 90.8 Å². The molecule has 4 aromatic carbocycles. The molecule has 4 rings (SSSR count). The summed E-state index contributed by atoms with van der Waals surface area (Å²) in [5, 5.41) is 3.79. The number of amides is 2. The zero-order chi connectivity index (χ0) is 32.6. The summed E-state index contributed by atoms with van der Waals surface area (Å²) in [6.07, 6.45) is 0. The molecule has 0 fully saturated rings. The van der Waals surface area contributed by atoms with Crippen molar-refractivity contribution in [3.63, 3.8) is 0 Å². The van der Waals surface area contributed by atoms with Gasteiger partial charge in [0, 0.05) is 12.1 Å². The van der Waals surface area contributed by atoms with E-state index >= 15 is 0 Å². The fraction of sp³-hybridized carbons (Fsp3) is 0. The molecule has 232 valence electrons. The molecule has 0 aliphatic heterocycles. The second kappa shape index (κ2) is 15.0. The molecule has 0 aliphatic carbocycles. The Balaban J connectivity index is 0.00000552. The Morgan fingerprint density at radius 3 is 1.20 bits per heavy atom. The Hall–Kier alpha value is -1.69. The van der Waals surface area contributed by atoms with E-state index in [1.807, 2.05) is 0 Å². The van der Waals surface area contributed by atoms with Gasteiger partial charge in [0.1, 0.15) is 32.7 Å². The predicted molar refractivity (Wildman–Crippen MR) is 168 cm³/mol. The summed E-state index contributed by atoms with van der Waals surface area (Å²) < 4.78 is 80.4. The second-order valence-electron chi connectivity index (χ2n) is 8.38. The first-order valence-electron chi connectivity index (χ1n) is 11.4. The van der Waals surface area contributed by atoms with E-state index < -0.39 is 57.5 Å². The number of nitrogens with one attached hydrogen (secondary N) is 2. The molecule has 4 N–H and O–H groups in total. The number of urea groups is 1. The van der Waals surface area contributed by atoms with E-state index in [4.69, 9.17) is 79.1 Å². The monoisotopic (exact) mass is 783 g/mol. The maximum Gasteiger partial charge on any atom is 1.00 e. The van der Waals surface area contributed by atoms with Crippen LogP contribution in [0.3, 0.4) is 0 Å². The van der Waals surface area contributed by atoms with Gasteiger partial charge in [-0.1, -0.05) is 69.6 Å². The molecule has 4 aromatic rings. The minimum absolute atomic E-state index is 0. The molecule has 2 amide bonds. The molecule has 0 saturated carbocycles. The number of carbonyl (C=O) groups excluding carboxylic acids is 1. The maximum absolute atomic E-state index is 13.3. The van der Waals surface area contributed by atoms with Gasteiger partial charge in [0.25, 0.3) is 20.2 Å². The Labute approximate surface area is 308 Å². The van der Waals surface area contributed by atoms with Crippen molar-refractivity contribution in [2.75, 3.05) is 10.6 Å². The minimum Gasteiger partial charge on any atom is -0.455 e. The molecular weight excluding hydrogens is 772 g/mol.